The predicted molar refractivity (Wildman–Crippen MR) is 72.4 cm³/mol. The lowest BCUT2D eigenvalue weighted by Gasteiger charge is -2.24. The fourth-order valence-electron chi connectivity index (χ4n) is 2.74. The molecule has 1 aliphatic carbocycles. The molecule has 1 aromatic heterocycles. The zero-order valence-corrected chi connectivity index (χ0v) is 11.6. The van der Waals surface area contributed by atoms with Crippen LogP contribution in [-0.2, 0) is 0 Å². The second-order valence-electron chi connectivity index (χ2n) is 6.08. The standard InChI is InChI=1S/C14H25N3/c1-11(2)17-9-12(3)16-13(17)15-10-14(4)7-5-6-8-14/h9,11H,5-8,10H2,1-4H3,(H,15,16). The van der Waals surface area contributed by atoms with Crippen LogP contribution in [0.4, 0.5) is 5.95 Å². The highest BCUT2D eigenvalue weighted by molar-refractivity contribution is 5.30. The summed E-state index contributed by atoms with van der Waals surface area (Å²) in [6.45, 7) is 9.90. The fraction of sp³-hybridized carbons (Fsp3) is 0.786. The number of aryl methyl sites for hydroxylation is 1. The Morgan fingerprint density at radius 2 is 2.06 bits per heavy atom. The Morgan fingerprint density at radius 3 is 2.65 bits per heavy atom. The minimum atomic E-state index is 0.468. The van der Waals surface area contributed by atoms with Gasteiger partial charge in [0, 0.05) is 18.8 Å². The van der Waals surface area contributed by atoms with Crippen molar-refractivity contribution in [3.8, 4) is 0 Å². The molecule has 1 aromatic rings. The second-order valence-corrected chi connectivity index (χ2v) is 6.08. The minimum Gasteiger partial charge on any atom is -0.355 e. The summed E-state index contributed by atoms with van der Waals surface area (Å²) in [7, 11) is 0. The number of anilines is 1. The second kappa shape index (κ2) is 4.71. The van der Waals surface area contributed by atoms with Crippen molar-refractivity contribution in [3.05, 3.63) is 11.9 Å². The van der Waals surface area contributed by atoms with E-state index in [1.807, 2.05) is 0 Å². The van der Waals surface area contributed by atoms with E-state index < -0.39 is 0 Å². The maximum atomic E-state index is 4.58. The molecule has 0 atom stereocenters. The Labute approximate surface area is 105 Å². The van der Waals surface area contributed by atoms with Crippen LogP contribution in [0.1, 0.15) is 58.2 Å². The third-order valence-electron chi connectivity index (χ3n) is 3.89. The number of hydrogen-bond acceptors (Lipinski definition) is 2. The van der Waals surface area contributed by atoms with E-state index in [4.69, 9.17) is 0 Å². The smallest absolute Gasteiger partial charge is 0.203 e. The van der Waals surface area contributed by atoms with Crippen LogP contribution in [0.3, 0.4) is 0 Å². The number of hydrogen-bond donors (Lipinski definition) is 1. The third kappa shape index (κ3) is 2.82. The van der Waals surface area contributed by atoms with Crippen LogP contribution in [0.15, 0.2) is 6.20 Å². The van der Waals surface area contributed by atoms with E-state index >= 15 is 0 Å². The van der Waals surface area contributed by atoms with Crippen molar-refractivity contribution >= 4 is 5.95 Å². The molecule has 2 rings (SSSR count). The Bertz CT molecular complexity index is 373. The van der Waals surface area contributed by atoms with E-state index in [1.54, 1.807) is 0 Å². The van der Waals surface area contributed by atoms with Gasteiger partial charge in [-0.2, -0.15) is 0 Å². The van der Waals surface area contributed by atoms with Crippen LogP contribution < -0.4 is 5.32 Å². The molecule has 1 fully saturated rings. The Balaban J connectivity index is 2.03. The highest BCUT2D eigenvalue weighted by atomic mass is 15.2. The first-order valence-corrected chi connectivity index (χ1v) is 6.79. The summed E-state index contributed by atoms with van der Waals surface area (Å²) in [5.74, 6) is 1.03. The van der Waals surface area contributed by atoms with E-state index in [9.17, 15) is 0 Å². The Kier molecular flexibility index (Phi) is 3.45. The van der Waals surface area contributed by atoms with E-state index in [1.165, 1.54) is 25.7 Å². The Hall–Kier alpha value is -0.990. The van der Waals surface area contributed by atoms with Crippen molar-refractivity contribution < 1.29 is 0 Å². The van der Waals surface area contributed by atoms with Gasteiger partial charge in [0.05, 0.1) is 5.69 Å². The lowest BCUT2D eigenvalue weighted by Crippen LogP contribution is -2.24. The Morgan fingerprint density at radius 1 is 1.41 bits per heavy atom. The van der Waals surface area contributed by atoms with Crippen LogP contribution in [0.2, 0.25) is 0 Å². The van der Waals surface area contributed by atoms with Gasteiger partial charge >= 0.3 is 0 Å². The van der Waals surface area contributed by atoms with Gasteiger partial charge in [0.15, 0.2) is 0 Å². The molecule has 3 heteroatoms. The lowest BCUT2D eigenvalue weighted by molar-refractivity contribution is 0.360. The van der Waals surface area contributed by atoms with Crippen molar-refractivity contribution in [2.45, 2.75) is 59.4 Å². The van der Waals surface area contributed by atoms with Gasteiger partial charge in [-0.3, -0.25) is 0 Å². The molecule has 1 N–H and O–H groups in total. The van der Waals surface area contributed by atoms with Crippen molar-refractivity contribution in [1.82, 2.24) is 9.55 Å². The summed E-state index contributed by atoms with van der Waals surface area (Å²) in [6, 6.07) is 0.468. The molecule has 0 aromatic carbocycles. The van der Waals surface area contributed by atoms with Crippen molar-refractivity contribution in [1.29, 1.82) is 0 Å². The molecular weight excluding hydrogens is 210 g/mol. The average Bonchev–Trinajstić information content (AvgIpc) is 2.83. The summed E-state index contributed by atoms with van der Waals surface area (Å²) in [4.78, 5) is 4.58. The zero-order chi connectivity index (χ0) is 12.5. The highest BCUT2D eigenvalue weighted by Crippen LogP contribution is 2.37. The van der Waals surface area contributed by atoms with E-state index in [-0.39, 0.29) is 0 Å². The lowest BCUT2D eigenvalue weighted by atomic mass is 9.89. The van der Waals surface area contributed by atoms with Crippen molar-refractivity contribution in [2.75, 3.05) is 11.9 Å². The molecule has 0 bridgehead atoms. The van der Waals surface area contributed by atoms with Crippen LogP contribution in [-0.4, -0.2) is 16.1 Å². The molecule has 0 saturated heterocycles. The molecule has 3 nitrogen and oxygen atoms in total. The van der Waals surface area contributed by atoms with Gasteiger partial charge in [0.2, 0.25) is 5.95 Å². The van der Waals surface area contributed by atoms with Crippen LogP contribution in [0, 0.1) is 12.3 Å². The number of nitrogens with one attached hydrogen (secondary N) is 1. The van der Waals surface area contributed by atoms with Crippen LogP contribution in [0.25, 0.3) is 0 Å². The van der Waals surface area contributed by atoms with Gasteiger partial charge in [-0.15, -0.1) is 0 Å². The molecule has 0 amide bonds. The predicted octanol–water partition coefficient (Wildman–Crippen LogP) is 3.76. The van der Waals surface area contributed by atoms with Gasteiger partial charge in [-0.1, -0.05) is 19.8 Å². The first-order chi connectivity index (χ1) is 8.00. The zero-order valence-electron chi connectivity index (χ0n) is 11.6. The van der Waals surface area contributed by atoms with Crippen molar-refractivity contribution in [2.24, 2.45) is 5.41 Å². The van der Waals surface area contributed by atoms with Crippen molar-refractivity contribution in [3.63, 3.8) is 0 Å². The number of imidazole rings is 1. The van der Waals surface area contributed by atoms with E-state index in [0.29, 0.717) is 11.5 Å². The van der Waals surface area contributed by atoms with Gasteiger partial charge in [-0.25, -0.2) is 4.98 Å². The quantitative estimate of drug-likeness (QED) is 0.861. The largest absolute Gasteiger partial charge is 0.355 e. The van der Waals surface area contributed by atoms with Crippen LogP contribution in [0.5, 0.6) is 0 Å². The molecule has 1 saturated carbocycles. The summed E-state index contributed by atoms with van der Waals surface area (Å²) < 4.78 is 2.23. The number of nitrogens with zero attached hydrogens (tertiary/aromatic N) is 2. The van der Waals surface area contributed by atoms with E-state index in [2.05, 4.69) is 48.8 Å². The molecule has 96 valence electrons. The first-order valence-electron chi connectivity index (χ1n) is 6.79. The average molecular weight is 235 g/mol. The maximum Gasteiger partial charge on any atom is 0.203 e. The third-order valence-corrected chi connectivity index (χ3v) is 3.89. The molecule has 17 heavy (non-hydrogen) atoms. The normalized spacial score (nSPS) is 18.9. The summed E-state index contributed by atoms with van der Waals surface area (Å²) in [6.07, 6.45) is 7.60. The SMILES string of the molecule is Cc1cn(C(C)C)c(NCC2(C)CCCC2)n1. The monoisotopic (exact) mass is 235 g/mol. The molecule has 1 aliphatic rings. The maximum absolute atomic E-state index is 4.58. The molecule has 0 radical (unpaired) electrons. The van der Waals surface area contributed by atoms with Gasteiger partial charge in [-0.05, 0) is 39.0 Å². The molecule has 0 aliphatic heterocycles. The van der Waals surface area contributed by atoms with Gasteiger partial charge in [0.1, 0.15) is 0 Å². The molecule has 1 heterocycles. The first kappa shape index (κ1) is 12.5. The molecular formula is C14H25N3. The molecule has 0 spiro atoms. The number of rotatable bonds is 4. The topological polar surface area (TPSA) is 29.9 Å². The summed E-state index contributed by atoms with van der Waals surface area (Å²) in [5, 5.41) is 3.55. The summed E-state index contributed by atoms with van der Waals surface area (Å²) in [5.41, 5.74) is 1.57. The van der Waals surface area contributed by atoms with Crippen LogP contribution >= 0.6 is 0 Å². The highest BCUT2D eigenvalue weighted by Gasteiger charge is 2.28. The fourth-order valence-corrected chi connectivity index (χ4v) is 2.74. The van der Waals surface area contributed by atoms with Gasteiger partial charge < -0.3 is 9.88 Å². The molecule has 0 unspecified atom stereocenters. The minimum absolute atomic E-state index is 0.468. The summed E-state index contributed by atoms with van der Waals surface area (Å²) >= 11 is 0. The van der Waals surface area contributed by atoms with Gasteiger partial charge in [0.25, 0.3) is 0 Å². The number of aromatic nitrogens is 2. The van der Waals surface area contributed by atoms with E-state index in [0.717, 1.165) is 18.2 Å².